The fourth-order valence-electron chi connectivity index (χ4n) is 18.1. The predicted octanol–water partition coefficient (Wildman–Crippen LogP) is 33.9. The fourth-order valence-corrected chi connectivity index (χ4v) is 30.5. The van der Waals surface area contributed by atoms with E-state index in [1.807, 2.05) is 392 Å². The van der Waals surface area contributed by atoms with E-state index in [1.165, 1.54) is 87.0 Å². The summed E-state index contributed by atoms with van der Waals surface area (Å²) in [5.74, 6) is 0. The van der Waals surface area contributed by atoms with Crippen molar-refractivity contribution < 1.29 is 94.4 Å². The van der Waals surface area contributed by atoms with Gasteiger partial charge in [-0.3, -0.25) is 31.9 Å². The van der Waals surface area contributed by atoms with E-state index in [2.05, 4.69) is 13.8 Å². The first-order chi connectivity index (χ1) is 70.2. The van der Waals surface area contributed by atoms with Crippen molar-refractivity contribution in [3.05, 3.63) is 538 Å². The third-order valence-electron chi connectivity index (χ3n) is 24.3. The average molecular weight is 2070 g/mol. The molecule has 0 amide bonds. The Morgan fingerprint density at radius 2 is 0.310 bits per heavy atom. The minimum absolute atomic E-state index is 0.148. The van der Waals surface area contributed by atoms with E-state index in [4.69, 9.17) is 45.2 Å². The van der Waals surface area contributed by atoms with Crippen LogP contribution >= 0.6 is 38.0 Å². The summed E-state index contributed by atoms with van der Waals surface area (Å²) < 4.78 is 209. The van der Waals surface area contributed by atoms with Crippen molar-refractivity contribution in [3.63, 3.8) is 0 Å². The molecule has 15 aromatic rings. The van der Waals surface area contributed by atoms with E-state index in [0.717, 1.165) is 105 Å². The van der Waals surface area contributed by atoms with E-state index < -0.39 is 89.3 Å². The maximum atomic E-state index is 14.9. The van der Waals surface area contributed by atoms with Gasteiger partial charge in [0, 0.05) is 14.2 Å². The van der Waals surface area contributed by atoms with E-state index in [-0.39, 0.29) is 16.7 Å². The molecule has 15 aromatic carbocycles. The van der Waals surface area contributed by atoms with Gasteiger partial charge in [-0.2, -0.15) is 26.3 Å². The fraction of sp³-hybridized carbons (Fsp3) is 0.244. The minimum atomic E-state index is -5.26. The third kappa shape index (κ3) is 26.2. The molecule has 0 fully saturated rings. The Kier molecular flexibility index (Phi) is 43.1. The molecule has 15 nitrogen and oxygen atoms in total. The summed E-state index contributed by atoms with van der Waals surface area (Å²) in [7, 11) is -16.9. The number of benzene rings is 15. The minimum Gasteiger partial charge on any atom is -0.311 e. The zero-order valence-electron chi connectivity index (χ0n) is 82.8. The predicted molar refractivity (Wildman–Crippen MR) is 570 cm³/mol. The van der Waals surface area contributed by atoms with E-state index in [1.54, 1.807) is 18.2 Å². The molecular weight excluding hydrogens is 1940 g/mol. The van der Waals surface area contributed by atoms with Crippen LogP contribution in [0.1, 0.15) is 164 Å². The van der Waals surface area contributed by atoms with Gasteiger partial charge < -0.3 is 36.2 Å². The Bertz CT molecular complexity index is 5960. The van der Waals surface area contributed by atoms with Gasteiger partial charge in [-0.1, -0.05) is 496 Å². The third-order valence-corrected chi connectivity index (χ3v) is 37.4. The first-order valence-corrected chi connectivity index (χ1v) is 56.2. The summed E-state index contributed by atoms with van der Waals surface area (Å²) in [6.07, 6.45) is -4.83. The van der Waals surface area contributed by atoms with Gasteiger partial charge in [-0.15, -0.1) is 0 Å². The molecule has 0 saturated carbocycles. The molecule has 0 bridgehead atoms. The Hall–Kier alpha value is -11.4. The van der Waals surface area contributed by atoms with Gasteiger partial charge in [0.15, 0.2) is 13.2 Å². The second-order valence-corrected chi connectivity index (χ2v) is 44.7. The van der Waals surface area contributed by atoms with Crippen molar-refractivity contribution >= 4 is 38.0 Å². The van der Waals surface area contributed by atoms with Crippen LogP contribution in [0.5, 0.6) is 0 Å². The lowest BCUT2D eigenvalue weighted by Crippen LogP contribution is -2.34. The lowest BCUT2D eigenvalue weighted by atomic mass is 9.84. The Morgan fingerprint density at radius 1 is 0.179 bits per heavy atom. The second-order valence-electron chi connectivity index (χ2n) is 33.5. The van der Waals surface area contributed by atoms with E-state index in [9.17, 15) is 49.2 Å². The summed E-state index contributed by atoms with van der Waals surface area (Å²) in [5, 5.41) is -6.34. The Balaban J connectivity index is 0.000000173. The molecular formula is C119H127F6O15P5. The molecule has 760 valence electrons. The van der Waals surface area contributed by atoms with Crippen molar-refractivity contribution in [2.24, 2.45) is 0 Å². The molecule has 0 N–H and O–H groups in total. The monoisotopic (exact) mass is 2060 g/mol. The van der Waals surface area contributed by atoms with Gasteiger partial charge in [-0.05, 0) is 123 Å². The lowest BCUT2D eigenvalue weighted by molar-refractivity contribution is -0.166. The van der Waals surface area contributed by atoms with Gasteiger partial charge >= 0.3 is 50.3 Å². The quantitative estimate of drug-likeness (QED) is 0.0152. The van der Waals surface area contributed by atoms with Crippen molar-refractivity contribution in [1.29, 1.82) is 0 Å². The first kappa shape index (κ1) is 114. The van der Waals surface area contributed by atoms with Crippen LogP contribution in [0.4, 0.5) is 26.3 Å². The molecule has 0 aliphatic heterocycles. The van der Waals surface area contributed by atoms with Crippen LogP contribution in [0.25, 0.3) is 0 Å². The number of halogens is 6. The van der Waals surface area contributed by atoms with Gasteiger partial charge in [-0.25, -0.2) is 0 Å². The number of alkyl halides is 6. The van der Waals surface area contributed by atoms with E-state index >= 15 is 0 Å². The Labute approximate surface area is 850 Å². The largest absolute Gasteiger partial charge is 0.412 e. The van der Waals surface area contributed by atoms with Crippen molar-refractivity contribution in [3.8, 4) is 0 Å². The highest BCUT2D eigenvalue weighted by molar-refractivity contribution is 7.57. The van der Waals surface area contributed by atoms with Crippen LogP contribution in [0.3, 0.4) is 0 Å². The summed E-state index contributed by atoms with van der Waals surface area (Å²) in [6, 6.07) is 141. The van der Waals surface area contributed by atoms with Gasteiger partial charge in [0.1, 0.15) is 25.8 Å². The summed E-state index contributed by atoms with van der Waals surface area (Å²) in [5.41, 5.74) is 11.1. The van der Waals surface area contributed by atoms with Crippen molar-refractivity contribution in [2.75, 3.05) is 67.1 Å². The number of unbranched alkanes of at least 4 members (excludes halogenated alkanes) is 2. The van der Waals surface area contributed by atoms with Crippen LogP contribution < -0.4 is 0 Å². The van der Waals surface area contributed by atoms with Crippen molar-refractivity contribution in [1.82, 2.24) is 0 Å². The van der Waals surface area contributed by atoms with Crippen LogP contribution in [-0.4, -0.2) is 79.4 Å². The zero-order chi connectivity index (χ0) is 104. The summed E-state index contributed by atoms with van der Waals surface area (Å²) in [6.45, 7) is 9.93. The molecule has 0 radical (unpaired) electrons. The number of hydrogen-bond donors (Lipinski definition) is 0. The van der Waals surface area contributed by atoms with Crippen LogP contribution in [0, 0.1) is 0 Å². The molecule has 0 unspecified atom stereocenters. The first-order valence-electron chi connectivity index (χ1n) is 48.5. The summed E-state index contributed by atoms with van der Waals surface area (Å²) in [4.78, 5) is 0. The van der Waals surface area contributed by atoms with Gasteiger partial charge in [0.2, 0.25) is 0 Å². The molecule has 15 rings (SSSR count). The lowest BCUT2D eigenvalue weighted by Gasteiger charge is -2.40. The maximum absolute atomic E-state index is 14.9. The normalized spacial score (nSPS) is 12.3. The topological polar surface area (TPSA) is 178 Å². The van der Waals surface area contributed by atoms with Crippen molar-refractivity contribution in [2.45, 2.75) is 118 Å². The number of rotatable bonds is 44. The molecule has 0 aliphatic carbocycles. The molecule has 0 saturated heterocycles. The van der Waals surface area contributed by atoms with Gasteiger partial charge in [0.25, 0.3) is 0 Å². The summed E-state index contributed by atoms with van der Waals surface area (Å²) >= 11 is 0. The molecule has 0 aliphatic rings. The van der Waals surface area contributed by atoms with E-state index in [0.29, 0.717) is 39.6 Å². The smallest absolute Gasteiger partial charge is 0.311 e. The number of hydrogen-bond acceptors (Lipinski definition) is 15. The highest BCUT2D eigenvalue weighted by atomic mass is 31.2. The van der Waals surface area contributed by atoms with Crippen LogP contribution in [-0.2, 0) is 93.8 Å². The second kappa shape index (κ2) is 54.9. The highest BCUT2D eigenvalue weighted by Gasteiger charge is 2.61. The average Bonchev–Trinajstić information content (AvgIpc) is 0.733. The van der Waals surface area contributed by atoms with Crippen LogP contribution in [0.2, 0.25) is 0 Å². The zero-order valence-corrected chi connectivity index (χ0v) is 87.3. The van der Waals surface area contributed by atoms with Gasteiger partial charge in [0.05, 0.1) is 39.6 Å². The standard InChI is InChI=1S/C27H33O3P.C25H29O3P.C23H19F6O3P.C23H25O3P.C21H21O3P/c1-3-5-22-29-31(28,30-23-6-4-2)27(24-16-10-7-11-17-24,25-18-12-8-13-19-25)26-20-14-9-15-21-26;1-3-20-27-29(26,28-21-4-2)25(22-14-8-5-9-15-22,23-16-10-6-11-17-23)24-18-12-7-13-19-24;24-21(25,26)16-31-33(30,32-17-22(27,28)29)23(18-10-4-1-5-11-18,19-12-6-2-7-13-19)20-14-8-3-9-15-20;1-3-25-27(24,26-4-2)23(20-14-8-5-9-15-20,21-16-10-6-11-17-21)22-18-12-7-13-19-22;1-23-25(22,24-2)21(18-12-6-3-7-13-18,19-14-8-4-9-15-19)20-16-10-5-11-17-20/h7-21H,3-6,22-23H2,1-2H3;5-19H,3-4,20-21H2,1-2H3;1-15H,16-17H2;5-19H,3-4H2,1-2H3;3-17H,1-2H3. The SMILES string of the molecule is CCCCOP(=O)(OCCCC)C(c1ccccc1)(c1ccccc1)c1ccccc1.CCCOP(=O)(OCCC)C(c1ccccc1)(c1ccccc1)c1ccccc1.CCOP(=O)(OCC)C(c1ccccc1)(c1ccccc1)c1ccccc1.COP(=O)(OC)C(c1ccccc1)(c1ccccc1)c1ccccc1.O=P(OCC(F)(F)F)(OCC(F)(F)F)C(c1ccccc1)(c1ccccc1)c1ccccc1. The Morgan fingerprint density at radius 3 is 0.434 bits per heavy atom. The molecule has 0 heterocycles. The van der Waals surface area contributed by atoms with Crippen LogP contribution in [0.15, 0.2) is 455 Å². The molecule has 145 heavy (non-hydrogen) atoms. The molecule has 0 spiro atoms. The molecule has 0 atom stereocenters. The molecule has 0 aromatic heterocycles. The molecule has 26 heteroatoms. The maximum Gasteiger partial charge on any atom is 0.412 e. The highest BCUT2D eigenvalue weighted by Crippen LogP contribution is 2.76.